The molecule has 2 aromatic rings. The first-order chi connectivity index (χ1) is 11.7. The Morgan fingerprint density at radius 2 is 1.84 bits per heavy atom. The fourth-order valence-corrected chi connectivity index (χ4v) is 2.06. The van der Waals surface area contributed by atoms with Crippen LogP contribution in [0.1, 0.15) is 26.4 Å². The lowest BCUT2D eigenvalue weighted by atomic mass is 10.1. The van der Waals surface area contributed by atoms with E-state index < -0.39 is 40.6 Å². The summed E-state index contributed by atoms with van der Waals surface area (Å²) in [4.78, 5) is 26.8. The van der Waals surface area contributed by atoms with E-state index in [0.717, 1.165) is 37.4 Å². The Bertz CT molecular complexity index is 817. The summed E-state index contributed by atoms with van der Waals surface area (Å²) in [5, 5.41) is 10.9. The predicted octanol–water partition coefficient (Wildman–Crippen LogP) is 2.37. The van der Waals surface area contributed by atoms with Crippen LogP contribution in [0.2, 0.25) is 0 Å². The standard InChI is InChI=1S/C14H11F3N3O5/c1-24-12(21)7-3-11(8(14(15,16)17)4-9(7)19-23)20-5-10(18-6-20)13(22)25-2/h3-6,19H,1-2H3/q-1. The Kier molecular flexibility index (Phi) is 4.97. The second-order valence-corrected chi connectivity index (χ2v) is 4.66. The number of halogens is 3. The highest BCUT2D eigenvalue weighted by Gasteiger charge is 2.35. The lowest BCUT2D eigenvalue weighted by Gasteiger charge is -2.20. The molecule has 1 aromatic carbocycles. The highest BCUT2D eigenvalue weighted by Crippen LogP contribution is 2.37. The van der Waals surface area contributed by atoms with Gasteiger partial charge in [0.05, 0.1) is 31.0 Å². The number of alkyl halides is 3. The van der Waals surface area contributed by atoms with E-state index >= 15 is 0 Å². The van der Waals surface area contributed by atoms with Gasteiger partial charge in [0, 0.05) is 11.9 Å². The van der Waals surface area contributed by atoms with Gasteiger partial charge in [-0.25, -0.2) is 14.6 Å². The molecule has 0 amide bonds. The molecule has 134 valence electrons. The van der Waals surface area contributed by atoms with Crippen molar-refractivity contribution in [2.45, 2.75) is 6.18 Å². The van der Waals surface area contributed by atoms with Crippen LogP contribution in [0.25, 0.3) is 5.69 Å². The SMILES string of the molecule is COC(=O)c1cn(-c2cc(C(=O)OC)c(N[O-])cc2C(F)(F)F)cn1. The summed E-state index contributed by atoms with van der Waals surface area (Å²) in [6.45, 7) is 0. The van der Waals surface area contributed by atoms with Crippen LogP contribution in [-0.2, 0) is 15.7 Å². The second-order valence-electron chi connectivity index (χ2n) is 4.66. The zero-order valence-electron chi connectivity index (χ0n) is 12.9. The molecule has 0 spiro atoms. The average molecular weight is 358 g/mol. The molecule has 0 radical (unpaired) electrons. The second kappa shape index (κ2) is 6.81. The number of carbonyl (C=O) groups is 2. The quantitative estimate of drug-likeness (QED) is 0.661. The molecule has 25 heavy (non-hydrogen) atoms. The monoisotopic (exact) mass is 358 g/mol. The van der Waals surface area contributed by atoms with Crippen LogP contribution < -0.4 is 5.48 Å². The number of nitrogens with zero attached hydrogens (tertiary/aromatic N) is 2. The molecule has 1 N–H and O–H groups in total. The molecule has 0 atom stereocenters. The summed E-state index contributed by atoms with van der Waals surface area (Å²) >= 11 is 0. The third-order valence-electron chi connectivity index (χ3n) is 3.21. The number of hydrogen-bond acceptors (Lipinski definition) is 7. The average Bonchev–Trinajstić information content (AvgIpc) is 3.08. The van der Waals surface area contributed by atoms with Crippen LogP contribution in [-0.4, -0.2) is 35.7 Å². The van der Waals surface area contributed by atoms with Crippen LogP contribution in [0.15, 0.2) is 24.7 Å². The number of aromatic nitrogens is 2. The van der Waals surface area contributed by atoms with Crippen molar-refractivity contribution in [1.82, 2.24) is 9.55 Å². The zero-order chi connectivity index (χ0) is 18.8. The largest absolute Gasteiger partial charge is 0.761 e. The summed E-state index contributed by atoms with van der Waals surface area (Å²) in [5.41, 5.74) is -1.69. The number of methoxy groups -OCH3 is 2. The number of hydrogen-bond donors (Lipinski definition) is 1. The van der Waals surface area contributed by atoms with E-state index in [1.54, 1.807) is 0 Å². The smallest absolute Gasteiger partial charge is 0.418 e. The van der Waals surface area contributed by atoms with Crippen molar-refractivity contribution in [2.75, 3.05) is 19.7 Å². The molecule has 0 aliphatic heterocycles. The van der Waals surface area contributed by atoms with Gasteiger partial charge in [-0.15, -0.1) is 0 Å². The maximum Gasteiger partial charge on any atom is 0.418 e. The van der Waals surface area contributed by atoms with Crippen molar-refractivity contribution in [1.29, 1.82) is 0 Å². The minimum absolute atomic E-state index is 0.235. The minimum Gasteiger partial charge on any atom is -0.761 e. The Morgan fingerprint density at radius 1 is 1.20 bits per heavy atom. The number of carbonyl (C=O) groups excluding carboxylic acids is 2. The van der Waals surface area contributed by atoms with Crippen molar-refractivity contribution in [3.05, 3.63) is 46.7 Å². The third-order valence-corrected chi connectivity index (χ3v) is 3.21. The number of imidazole rings is 1. The molecule has 2 rings (SSSR count). The van der Waals surface area contributed by atoms with Crippen molar-refractivity contribution in [3.8, 4) is 5.69 Å². The summed E-state index contributed by atoms with van der Waals surface area (Å²) in [5.74, 6) is -1.86. The Balaban J connectivity index is 2.71. The minimum atomic E-state index is -4.84. The van der Waals surface area contributed by atoms with E-state index in [-0.39, 0.29) is 5.69 Å². The molecular formula is C14H11F3N3O5-. The molecule has 0 saturated carbocycles. The lowest BCUT2D eigenvalue weighted by molar-refractivity contribution is -0.137. The number of benzene rings is 1. The highest BCUT2D eigenvalue weighted by atomic mass is 19.4. The van der Waals surface area contributed by atoms with Crippen molar-refractivity contribution in [2.24, 2.45) is 0 Å². The van der Waals surface area contributed by atoms with Gasteiger partial charge in [-0.05, 0) is 12.1 Å². The van der Waals surface area contributed by atoms with Crippen molar-refractivity contribution >= 4 is 17.6 Å². The number of rotatable bonds is 4. The lowest BCUT2D eigenvalue weighted by Crippen LogP contribution is -2.14. The molecule has 0 aliphatic carbocycles. The third kappa shape index (κ3) is 3.55. The highest BCUT2D eigenvalue weighted by molar-refractivity contribution is 5.97. The molecule has 0 aliphatic rings. The first kappa shape index (κ1) is 18.3. The summed E-state index contributed by atoms with van der Waals surface area (Å²) in [7, 11) is 2.10. The molecular weight excluding hydrogens is 347 g/mol. The van der Waals surface area contributed by atoms with Gasteiger partial charge in [-0.1, -0.05) is 0 Å². The molecule has 0 saturated heterocycles. The summed E-state index contributed by atoms with van der Waals surface area (Å²) in [6, 6.07) is 1.30. The number of esters is 2. The molecule has 1 aromatic heterocycles. The molecule has 1 heterocycles. The Morgan fingerprint density at radius 3 is 2.36 bits per heavy atom. The first-order valence-electron chi connectivity index (χ1n) is 6.57. The fourth-order valence-electron chi connectivity index (χ4n) is 2.06. The van der Waals surface area contributed by atoms with Crippen molar-refractivity contribution in [3.63, 3.8) is 0 Å². The van der Waals surface area contributed by atoms with E-state index in [9.17, 15) is 28.0 Å². The molecule has 8 nitrogen and oxygen atoms in total. The van der Waals surface area contributed by atoms with Gasteiger partial charge in [0.1, 0.15) is 6.33 Å². The van der Waals surface area contributed by atoms with Gasteiger partial charge in [-0.3, -0.25) is 0 Å². The number of ether oxygens (including phenoxy) is 2. The van der Waals surface area contributed by atoms with E-state index in [0.29, 0.717) is 6.07 Å². The summed E-state index contributed by atoms with van der Waals surface area (Å²) < 4.78 is 49.8. The maximum atomic E-state index is 13.3. The van der Waals surface area contributed by atoms with Crippen LogP contribution in [0.4, 0.5) is 18.9 Å². The van der Waals surface area contributed by atoms with Crippen LogP contribution >= 0.6 is 0 Å². The van der Waals surface area contributed by atoms with Crippen molar-refractivity contribution < 1.29 is 32.2 Å². The predicted molar refractivity (Wildman–Crippen MR) is 78.2 cm³/mol. The molecule has 0 fully saturated rings. The van der Waals surface area contributed by atoms with Gasteiger partial charge in [0.2, 0.25) is 0 Å². The van der Waals surface area contributed by atoms with Gasteiger partial charge in [0.25, 0.3) is 0 Å². The zero-order valence-corrected chi connectivity index (χ0v) is 12.9. The summed E-state index contributed by atoms with van der Waals surface area (Å²) in [6.07, 6.45) is -2.89. The van der Waals surface area contributed by atoms with Crippen LogP contribution in [0.3, 0.4) is 0 Å². The molecule has 11 heteroatoms. The van der Waals surface area contributed by atoms with Crippen LogP contribution in [0.5, 0.6) is 0 Å². The van der Waals surface area contributed by atoms with E-state index in [1.807, 2.05) is 0 Å². The van der Waals surface area contributed by atoms with Gasteiger partial charge >= 0.3 is 18.1 Å². The molecule has 0 bridgehead atoms. The van der Waals surface area contributed by atoms with E-state index in [2.05, 4.69) is 14.5 Å². The first-order valence-corrected chi connectivity index (χ1v) is 6.57. The number of anilines is 1. The topological polar surface area (TPSA) is 106 Å². The van der Waals surface area contributed by atoms with Gasteiger partial charge in [0.15, 0.2) is 5.69 Å². The maximum absolute atomic E-state index is 13.3. The van der Waals surface area contributed by atoms with Gasteiger partial charge in [-0.2, -0.15) is 13.2 Å². The Hall–Kier alpha value is -3.08. The van der Waals surface area contributed by atoms with E-state index in [1.165, 1.54) is 5.48 Å². The number of nitrogens with one attached hydrogen (secondary N) is 1. The van der Waals surface area contributed by atoms with Crippen LogP contribution in [0, 0.1) is 5.21 Å². The Labute approximate surface area is 138 Å². The molecule has 0 unspecified atom stereocenters. The fraction of sp³-hybridized carbons (Fsp3) is 0.214. The van der Waals surface area contributed by atoms with Gasteiger partial charge < -0.3 is 24.7 Å². The van der Waals surface area contributed by atoms with E-state index in [4.69, 9.17) is 0 Å². The normalized spacial score (nSPS) is 11.1.